The van der Waals surface area contributed by atoms with Crippen LogP contribution >= 0.6 is 11.6 Å². The van der Waals surface area contributed by atoms with E-state index in [0.29, 0.717) is 45.8 Å². The lowest BCUT2D eigenvalue weighted by molar-refractivity contribution is -0.122. The van der Waals surface area contributed by atoms with Gasteiger partial charge in [-0.3, -0.25) is 9.59 Å². The van der Waals surface area contributed by atoms with E-state index in [0.717, 1.165) is 29.5 Å². The summed E-state index contributed by atoms with van der Waals surface area (Å²) in [6.07, 6.45) is 3.11. The van der Waals surface area contributed by atoms with Crippen molar-refractivity contribution >= 4 is 40.5 Å². The molecule has 2 amide bonds. The van der Waals surface area contributed by atoms with E-state index in [4.69, 9.17) is 11.6 Å². The smallest absolute Gasteiger partial charge is 0.254 e. The number of aliphatic hydroxyl groups excluding tert-OH is 1. The monoisotopic (exact) mass is 567 g/mol. The third-order valence-corrected chi connectivity index (χ3v) is 8.68. The van der Waals surface area contributed by atoms with Crippen LogP contribution < -0.4 is 10.6 Å². The van der Waals surface area contributed by atoms with Crippen LogP contribution in [0.3, 0.4) is 0 Å². The van der Waals surface area contributed by atoms with Gasteiger partial charge < -0.3 is 25.2 Å². The van der Waals surface area contributed by atoms with Crippen LogP contribution in [0.15, 0.2) is 48.7 Å². The molecule has 1 saturated heterocycles. The van der Waals surface area contributed by atoms with E-state index >= 15 is 0 Å². The van der Waals surface area contributed by atoms with Crippen LogP contribution in [0.4, 0.5) is 5.95 Å². The lowest BCUT2D eigenvalue weighted by Crippen LogP contribution is -2.40. The highest BCUT2D eigenvalue weighted by Crippen LogP contribution is 2.32. The molecule has 1 unspecified atom stereocenters. The van der Waals surface area contributed by atoms with Gasteiger partial charge in [-0.05, 0) is 24.1 Å². The predicted molar refractivity (Wildman–Crippen MR) is 151 cm³/mol. The molecule has 1 aromatic heterocycles. The van der Waals surface area contributed by atoms with Crippen LogP contribution in [0.25, 0.3) is 11.3 Å². The van der Waals surface area contributed by atoms with Gasteiger partial charge in [-0.2, -0.15) is 0 Å². The number of anilines is 1. The summed E-state index contributed by atoms with van der Waals surface area (Å²) in [4.78, 5) is 36.4. The van der Waals surface area contributed by atoms with Crippen molar-refractivity contribution in [1.29, 1.82) is 0 Å². The predicted octanol–water partition coefficient (Wildman–Crippen LogP) is 3.23. The number of rotatable bonds is 8. The summed E-state index contributed by atoms with van der Waals surface area (Å²) >= 11 is 5.68. The zero-order chi connectivity index (χ0) is 27.5. The fourth-order valence-electron chi connectivity index (χ4n) is 4.93. The maximum absolute atomic E-state index is 13.2. The van der Waals surface area contributed by atoms with Gasteiger partial charge in [0.25, 0.3) is 5.91 Å². The fraction of sp³-hybridized carbons (Fsp3) is 0.357. The van der Waals surface area contributed by atoms with Crippen LogP contribution in [-0.2, 0) is 22.5 Å². The van der Waals surface area contributed by atoms with E-state index in [1.165, 1.54) is 11.1 Å². The van der Waals surface area contributed by atoms with Gasteiger partial charge in [-0.25, -0.2) is 9.97 Å². The van der Waals surface area contributed by atoms with E-state index in [2.05, 4.69) is 20.6 Å². The van der Waals surface area contributed by atoms with Crippen LogP contribution in [0.2, 0.25) is 5.02 Å². The van der Waals surface area contributed by atoms with Crippen LogP contribution in [0.5, 0.6) is 0 Å². The minimum atomic E-state index is -0.755. The number of benzene rings is 2. The number of fused-ring (bicyclic) bond motifs is 1. The molecule has 5 rings (SSSR count). The van der Waals surface area contributed by atoms with Crippen molar-refractivity contribution in [2.45, 2.75) is 38.4 Å². The highest BCUT2D eigenvalue weighted by atomic mass is 35.5. The number of amides is 2. The third kappa shape index (κ3) is 6.36. The average Bonchev–Trinajstić information content (AvgIpc) is 3.23. The molecule has 1 atom stereocenters. The van der Waals surface area contributed by atoms with E-state index in [1.807, 2.05) is 43.3 Å². The fourth-order valence-corrected chi connectivity index (χ4v) is 6.43. The number of halogens is 1. The molecule has 0 spiro atoms. The van der Waals surface area contributed by atoms with Crippen LogP contribution in [0.1, 0.15) is 45.9 Å². The maximum Gasteiger partial charge on any atom is 0.254 e. The molecule has 204 valence electrons. The van der Waals surface area contributed by atoms with E-state index in [-0.39, 0.29) is 31.0 Å². The van der Waals surface area contributed by atoms with Crippen molar-refractivity contribution in [3.05, 3.63) is 75.9 Å². The molecule has 0 radical (unpaired) electrons. The number of aliphatic hydroxyl groups is 1. The molecule has 2 aliphatic rings. The first-order valence-corrected chi connectivity index (χ1v) is 14.7. The molecule has 9 nitrogen and oxygen atoms in total. The zero-order valence-electron chi connectivity index (χ0n) is 21.5. The molecular formula is C28H30ClN5O4S. The number of aryl methyl sites for hydroxylation is 1. The molecule has 2 aromatic carbocycles. The van der Waals surface area contributed by atoms with E-state index in [9.17, 15) is 19.2 Å². The van der Waals surface area contributed by atoms with Crippen LogP contribution in [-0.4, -0.2) is 67.0 Å². The Balaban J connectivity index is 1.27. The van der Waals surface area contributed by atoms with Gasteiger partial charge in [0, 0.05) is 36.6 Å². The second-order valence-electron chi connectivity index (χ2n) is 9.91. The quantitative estimate of drug-likeness (QED) is 0.356. The van der Waals surface area contributed by atoms with Gasteiger partial charge in [0.05, 0.1) is 29.6 Å². The van der Waals surface area contributed by atoms with Crippen molar-refractivity contribution in [3.63, 3.8) is 0 Å². The highest BCUT2D eigenvalue weighted by Gasteiger charge is 2.30. The molecule has 1 fully saturated rings. The van der Waals surface area contributed by atoms with E-state index in [1.54, 1.807) is 6.07 Å². The molecule has 3 N–H and O–H groups in total. The van der Waals surface area contributed by atoms with Crippen molar-refractivity contribution < 1.29 is 19.2 Å². The second kappa shape index (κ2) is 11.9. The summed E-state index contributed by atoms with van der Waals surface area (Å²) in [6.45, 7) is 1.88. The van der Waals surface area contributed by atoms with Gasteiger partial charge in [0.2, 0.25) is 11.9 Å². The number of hydrogen-bond acceptors (Lipinski definition) is 7. The van der Waals surface area contributed by atoms with Gasteiger partial charge in [0.1, 0.15) is 18.1 Å². The number of carbonyl (C=O) groups excluding carboxylic acids is 2. The van der Waals surface area contributed by atoms with Crippen LogP contribution in [0, 0.1) is 6.92 Å². The molecule has 0 bridgehead atoms. The topological polar surface area (TPSA) is 131 Å². The molecule has 2 aliphatic heterocycles. The highest BCUT2D eigenvalue weighted by molar-refractivity contribution is 7.91. The summed E-state index contributed by atoms with van der Waals surface area (Å²) in [5.74, 6) is 1.15. The normalized spacial score (nSPS) is 19.5. The third-order valence-electron chi connectivity index (χ3n) is 7.02. The number of nitrogens with one attached hydrogen (secondary N) is 2. The lowest BCUT2D eigenvalue weighted by Gasteiger charge is -2.25. The molecule has 0 saturated carbocycles. The summed E-state index contributed by atoms with van der Waals surface area (Å²) in [5, 5.41) is 16.3. The largest absolute Gasteiger partial charge is 0.616 e. The van der Waals surface area contributed by atoms with Gasteiger partial charge in [-0.15, -0.1) is 0 Å². The summed E-state index contributed by atoms with van der Waals surface area (Å²) in [6, 6.07) is 12.6. The maximum atomic E-state index is 13.2. The first kappa shape index (κ1) is 27.4. The number of carbonyl (C=O) groups is 2. The average molecular weight is 568 g/mol. The number of hydrogen-bond donors (Lipinski definition) is 3. The Morgan fingerprint density at radius 3 is 2.79 bits per heavy atom. The number of aromatic nitrogens is 2. The molecule has 11 heteroatoms. The minimum absolute atomic E-state index is 0.125. The van der Waals surface area contributed by atoms with Crippen molar-refractivity contribution in [3.8, 4) is 11.3 Å². The Kier molecular flexibility index (Phi) is 8.37. The molecule has 0 aliphatic carbocycles. The Hall–Kier alpha value is -3.18. The van der Waals surface area contributed by atoms with Gasteiger partial charge >= 0.3 is 0 Å². The summed E-state index contributed by atoms with van der Waals surface area (Å²) in [7, 11) is 0. The Morgan fingerprint density at radius 1 is 1.26 bits per heavy atom. The second-order valence-corrected chi connectivity index (χ2v) is 12.0. The van der Waals surface area contributed by atoms with Crippen molar-refractivity contribution in [2.24, 2.45) is 0 Å². The van der Waals surface area contributed by atoms with Crippen molar-refractivity contribution in [2.75, 3.05) is 30.0 Å². The van der Waals surface area contributed by atoms with Gasteiger partial charge in [0.15, 0.2) is 0 Å². The van der Waals surface area contributed by atoms with Crippen molar-refractivity contribution in [1.82, 2.24) is 20.2 Å². The first-order chi connectivity index (χ1) is 18.8. The summed E-state index contributed by atoms with van der Waals surface area (Å²) in [5.41, 5.74) is 4.32. The zero-order valence-corrected chi connectivity index (χ0v) is 23.1. The Morgan fingerprint density at radius 2 is 2.05 bits per heavy atom. The molecule has 3 heterocycles. The SMILES string of the molecule is Cc1cccc(C(CO)NC(=O)CN2Cc3ccc(-c4nc(NC5CC[S+]([O-])CC5)ncc4Cl)cc3C2=O)c1. The molecular weight excluding hydrogens is 538 g/mol. The first-order valence-electron chi connectivity index (χ1n) is 12.8. The standard InChI is InChI=1S/C28H30ClN5O4S/c1-17-3-2-4-18(11-17)24(16-35)32-25(36)15-34-14-20-6-5-19(12-22(20)27(34)37)26-23(29)13-30-28(33-26)31-21-7-9-39(38)10-8-21/h2-6,11-13,21,24,35H,7-10,14-16H2,1H3,(H,32,36)(H,30,31,33). The minimum Gasteiger partial charge on any atom is -0.616 e. The van der Waals surface area contributed by atoms with Gasteiger partial charge in [-0.1, -0.05) is 64.7 Å². The Bertz CT molecular complexity index is 1380. The van der Waals surface area contributed by atoms with E-state index < -0.39 is 17.2 Å². The molecule has 3 aromatic rings. The summed E-state index contributed by atoms with van der Waals surface area (Å²) < 4.78 is 11.6. The Labute approximate surface area is 235 Å². The lowest BCUT2D eigenvalue weighted by atomic mass is 10.0. The molecule has 39 heavy (non-hydrogen) atoms. The number of nitrogens with zero attached hydrogens (tertiary/aromatic N) is 3.